The minimum Gasteiger partial charge on any atom is -0.454 e. The molecular weight excluding hydrogens is 433 g/mol. The van der Waals surface area contributed by atoms with Gasteiger partial charge in [0.2, 0.25) is 0 Å². The number of pyridine rings is 1. The Bertz CT molecular complexity index is 1420. The molecule has 0 saturated heterocycles. The van der Waals surface area contributed by atoms with E-state index in [-0.39, 0.29) is 17.7 Å². The highest BCUT2D eigenvalue weighted by Gasteiger charge is 2.18. The van der Waals surface area contributed by atoms with Gasteiger partial charge in [-0.2, -0.15) is 0 Å². The molecule has 166 valence electrons. The number of carbonyl (C=O) groups is 2. The van der Waals surface area contributed by atoms with E-state index >= 15 is 0 Å². The quantitative estimate of drug-likeness (QED) is 0.209. The van der Waals surface area contributed by atoms with Crippen molar-refractivity contribution >= 4 is 45.1 Å². The second kappa shape index (κ2) is 8.87. The number of rotatable bonds is 6. The van der Waals surface area contributed by atoms with Crippen molar-refractivity contribution in [2.75, 3.05) is 11.9 Å². The Hall–Kier alpha value is -4.60. The van der Waals surface area contributed by atoms with E-state index in [1.807, 2.05) is 0 Å². The lowest BCUT2D eigenvalue weighted by molar-refractivity contribution is -0.384. The molecule has 0 aliphatic rings. The van der Waals surface area contributed by atoms with Crippen molar-refractivity contribution in [2.24, 2.45) is 0 Å². The first-order valence-electron chi connectivity index (χ1n) is 9.75. The van der Waals surface area contributed by atoms with Crippen LogP contribution in [0.3, 0.4) is 0 Å². The number of fused-ring (bicyclic) bond motifs is 2. The van der Waals surface area contributed by atoms with Crippen molar-refractivity contribution < 1.29 is 23.6 Å². The van der Waals surface area contributed by atoms with Crippen LogP contribution in [0.1, 0.15) is 0 Å². The van der Waals surface area contributed by atoms with Gasteiger partial charge < -0.3 is 14.6 Å². The van der Waals surface area contributed by atoms with Crippen LogP contribution in [0.25, 0.3) is 21.8 Å². The fourth-order valence-corrected chi connectivity index (χ4v) is 3.52. The van der Waals surface area contributed by atoms with Crippen molar-refractivity contribution in [1.29, 1.82) is 0 Å². The highest BCUT2D eigenvalue weighted by Crippen LogP contribution is 2.25. The van der Waals surface area contributed by atoms with Gasteiger partial charge in [0.15, 0.2) is 12.0 Å². The lowest BCUT2D eigenvalue weighted by Crippen LogP contribution is -2.24. The van der Waals surface area contributed by atoms with Gasteiger partial charge in [-0.15, -0.1) is 0 Å². The number of amides is 1. The fourth-order valence-electron chi connectivity index (χ4n) is 3.52. The van der Waals surface area contributed by atoms with E-state index < -0.39 is 34.9 Å². The van der Waals surface area contributed by atoms with Gasteiger partial charge in [-0.05, 0) is 36.4 Å². The number of ether oxygens (including phenoxy) is 1. The Morgan fingerprint density at radius 1 is 1.00 bits per heavy atom. The highest BCUT2D eigenvalue weighted by atomic mass is 19.1. The summed E-state index contributed by atoms with van der Waals surface area (Å²) < 4.78 is 19.9. The standard InChI is InChI=1S/C23H16FN3O6/c24-14-9-10-17(20(11-14)27(31)32)25-21(28)13-33-22(29)12-26-18-7-3-1-5-15(18)23(30)16-6-2-4-8-19(16)26/h1-11H,12-13H2,(H,25,28). The van der Waals surface area contributed by atoms with Gasteiger partial charge in [-0.25, -0.2) is 4.39 Å². The third-order valence-electron chi connectivity index (χ3n) is 4.96. The molecule has 9 nitrogen and oxygen atoms in total. The molecule has 1 aromatic heterocycles. The summed E-state index contributed by atoms with van der Waals surface area (Å²) in [5.41, 5.74) is 0.0564. The van der Waals surface area contributed by atoms with E-state index in [1.54, 1.807) is 53.1 Å². The van der Waals surface area contributed by atoms with Crippen LogP contribution in [0.2, 0.25) is 0 Å². The summed E-state index contributed by atoms with van der Waals surface area (Å²) in [5.74, 6) is -2.41. The van der Waals surface area contributed by atoms with Gasteiger partial charge in [0.25, 0.3) is 11.6 Å². The van der Waals surface area contributed by atoms with Crippen LogP contribution >= 0.6 is 0 Å². The summed E-state index contributed by atoms with van der Waals surface area (Å²) in [7, 11) is 0. The Morgan fingerprint density at radius 3 is 2.21 bits per heavy atom. The molecule has 1 N–H and O–H groups in total. The molecule has 0 aliphatic carbocycles. The molecule has 0 spiro atoms. The molecule has 33 heavy (non-hydrogen) atoms. The number of benzene rings is 3. The van der Waals surface area contributed by atoms with Crippen LogP contribution in [0.5, 0.6) is 0 Å². The number of esters is 1. The molecule has 4 aromatic rings. The summed E-state index contributed by atoms with van der Waals surface area (Å²) >= 11 is 0. The van der Waals surface area contributed by atoms with Crippen LogP contribution in [0.15, 0.2) is 71.5 Å². The Balaban J connectivity index is 1.52. The molecule has 0 aliphatic heterocycles. The zero-order valence-corrected chi connectivity index (χ0v) is 17.0. The SMILES string of the molecule is O=C(COC(=O)Cn1c2ccccc2c(=O)c2ccccc21)Nc1ccc(F)cc1[N+](=O)[O-]. The second-order valence-corrected chi connectivity index (χ2v) is 7.08. The number of hydrogen-bond acceptors (Lipinski definition) is 6. The number of anilines is 1. The van der Waals surface area contributed by atoms with E-state index in [4.69, 9.17) is 4.74 Å². The molecule has 1 heterocycles. The first-order valence-corrected chi connectivity index (χ1v) is 9.75. The third kappa shape index (κ3) is 4.40. The van der Waals surface area contributed by atoms with Crippen molar-refractivity contribution in [3.05, 3.63) is 92.9 Å². The first kappa shape index (κ1) is 21.6. The van der Waals surface area contributed by atoms with Crippen molar-refractivity contribution in [3.63, 3.8) is 0 Å². The summed E-state index contributed by atoms with van der Waals surface area (Å²) in [6, 6.07) is 16.3. The molecule has 0 atom stereocenters. The number of hydrogen-bond donors (Lipinski definition) is 1. The largest absolute Gasteiger partial charge is 0.454 e. The summed E-state index contributed by atoms with van der Waals surface area (Å²) in [6.45, 7) is -0.977. The Labute approximate surface area is 185 Å². The molecule has 0 saturated carbocycles. The van der Waals surface area contributed by atoms with Gasteiger partial charge in [-0.1, -0.05) is 24.3 Å². The fraction of sp³-hybridized carbons (Fsp3) is 0.0870. The van der Waals surface area contributed by atoms with Gasteiger partial charge in [0.05, 0.1) is 22.0 Å². The topological polar surface area (TPSA) is 121 Å². The minimum absolute atomic E-state index is 0.161. The summed E-state index contributed by atoms with van der Waals surface area (Å²) in [5, 5.41) is 14.1. The number of nitro groups is 1. The van der Waals surface area contributed by atoms with Crippen molar-refractivity contribution in [3.8, 4) is 0 Å². The average Bonchev–Trinajstić information content (AvgIpc) is 2.81. The van der Waals surface area contributed by atoms with Gasteiger partial charge in [-0.3, -0.25) is 24.5 Å². The predicted octanol–water partition coefficient (Wildman–Crippen LogP) is 3.38. The third-order valence-corrected chi connectivity index (χ3v) is 4.96. The molecule has 1 amide bonds. The molecule has 0 radical (unpaired) electrons. The monoisotopic (exact) mass is 449 g/mol. The molecule has 3 aromatic carbocycles. The maximum Gasteiger partial charge on any atom is 0.326 e. The van der Waals surface area contributed by atoms with Crippen LogP contribution in [-0.2, 0) is 20.9 Å². The summed E-state index contributed by atoms with van der Waals surface area (Å²) in [4.78, 5) is 47.6. The van der Waals surface area contributed by atoms with Crippen LogP contribution in [0, 0.1) is 15.9 Å². The lowest BCUT2D eigenvalue weighted by Gasteiger charge is -2.14. The molecule has 0 fully saturated rings. The summed E-state index contributed by atoms with van der Waals surface area (Å²) in [6.07, 6.45) is 0. The zero-order valence-electron chi connectivity index (χ0n) is 17.0. The lowest BCUT2D eigenvalue weighted by atomic mass is 10.1. The van der Waals surface area contributed by atoms with E-state index in [9.17, 15) is 28.9 Å². The zero-order chi connectivity index (χ0) is 23.5. The van der Waals surface area contributed by atoms with Gasteiger partial charge >= 0.3 is 5.97 Å². The smallest absolute Gasteiger partial charge is 0.326 e. The van der Waals surface area contributed by atoms with Crippen LogP contribution < -0.4 is 10.7 Å². The van der Waals surface area contributed by atoms with E-state index in [2.05, 4.69) is 5.32 Å². The number of aromatic nitrogens is 1. The minimum atomic E-state index is -0.836. The van der Waals surface area contributed by atoms with Crippen LogP contribution in [-0.4, -0.2) is 28.0 Å². The Kier molecular flexibility index (Phi) is 5.81. The van der Waals surface area contributed by atoms with Crippen molar-refractivity contribution in [2.45, 2.75) is 6.54 Å². The van der Waals surface area contributed by atoms with Gasteiger partial charge in [0, 0.05) is 10.8 Å². The van der Waals surface area contributed by atoms with Crippen molar-refractivity contribution in [1.82, 2.24) is 4.57 Å². The maximum atomic E-state index is 13.2. The molecular formula is C23H16FN3O6. The normalized spacial score (nSPS) is 10.8. The molecule has 0 unspecified atom stereocenters. The first-order chi connectivity index (χ1) is 15.8. The van der Waals surface area contributed by atoms with Crippen LogP contribution in [0.4, 0.5) is 15.8 Å². The second-order valence-electron chi connectivity index (χ2n) is 7.08. The van der Waals surface area contributed by atoms with E-state index in [0.717, 1.165) is 12.1 Å². The number of nitro benzene ring substituents is 1. The predicted molar refractivity (Wildman–Crippen MR) is 118 cm³/mol. The number of carbonyl (C=O) groups excluding carboxylic acids is 2. The van der Waals surface area contributed by atoms with E-state index in [0.29, 0.717) is 27.9 Å². The number of nitrogens with one attached hydrogen (secondary N) is 1. The maximum absolute atomic E-state index is 13.2. The molecule has 0 bridgehead atoms. The Morgan fingerprint density at radius 2 is 1.61 bits per heavy atom. The van der Waals surface area contributed by atoms with E-state index in [1.165, 1.54) is 0 Å². The number of halogens is 1. The molecule has 4 rings (SSSR count). The number of nitrogens with zero attached hydrogens (tertiary/aromatic N) is 2. The van der Waals surface area contributed by atoms with Gasteiger partial charge in [0.1, 0.15) is 18.0 Å². The molecule has 10 heteroatoms. The average molecular weight is 449 g/mol. The highest BCUT2D eigenvalue weighted by molar-refractivity contribution is 5.96. The number of para-hydroxylation sites is 2.